The molecule has 3 aliphatic rings. The van der Waals surface area contributed by atoms with Crippen LogP contribution in [0.25, 0.3) is 0 Å². The number of benzene rings is 1. The zero-order valence-corrected chi connectivity index (χ0v) is 34.6. The summed E-state index contributed by atoms with van der Waals surface area (Å²) in [6.07, 6.45) is 20.2. The van der Waals surface area contributed by atoms with Crippen LogP contribution in [-0.2, 0) is 29.7 Å². The first-order valence-corrected chi connectivity index (χ1v) is 22.3. The van der Waals surface area contributed by atoms with Gasteiger partial charge in [-0.05, 0) is 36.6 Å². The van der Waals surface area contributed by atoms with Crippen LogP contribution in [0.15, 0.2) is 45.1 Å². The molecule has 2 unspecified atom stereocenters. The molecule has 0 bridgehead atoms. The van der Waals surface area contributed by atoms with Crippen LogP contribution in [0, 0.1) is 17.1 Å². The van der Waals surface area contributed by atoms with Gasteiger partial charge in [-0.25, -0.2) is 13.9 Å². The summed E-state index contributed by atoms with van der Waals surface area (Å²) < 4.78 is 50.4. The van der Waals surface area contributed by atoms with Crippen molar-refractivity contribution in [2.24, 2.45) is 20.8 Å². The Morgan fingerprint density at radius 3 is 2.30 bits per heavy atom. The van der Waals surface area contributed by atoms with Crippen molar-refractivity contribution in [3.05, 3.63) is 46.9 Å². The van der Waals surface area contributed by atoms with E-state index in [-0.39, 0.29) is 24.6 Å². The highest BCUT2D eigenvalue weighted by atomic mass is 31.2. The number of fused-ring (bicyclic) bond motifs is 1. The van der Waals surface area contributed by atoms with E-state index in [0.717, 1.165) is 31.7 Å². The molecule has 3 aliphatic heterocycles. The van der Waals surface area contributed by atoms with Gasteiger partial charge in [0.05, 0.1) is 49.3 Å². The molecule has 0 amide bonds. The van der Waals surface area contributed by atoms with Gasteiger partial charge in [-0.1, -0.05) is 116 Å². The van der Waals surface area contributed by atoms with Gasteiger partial charge in [0.15, 0.2) is 11.4 Å². The molecule has 1 saturated heterocycles. The highest BCUT2D eigenvalue weighted by molar-refractivity contribution is 7.47. The van der Waals surface area contributed by atoms with E-state index in [9.17, 15) is 29.3 Å². The zero-order valence-electron chi connectivity index (χ0n) is 33.7. The van der Waals surface area contributed by atoms with Crippen molar-refractivity contribution in [3.63, 3.8) is 0 Å². The number of nitrogens with two attached hydrogens (primary N) is 1. The number of amidine groups is 1. The van der Waals surface area contributed by atoms with Crippen molar-refractivity contribution < 1.29 is 42.6 Å². The molecule has 57 heavy (non-hydrogen) atoms. The first-order valence-electron chi connectivity index (χ1n) is 20.8. The highest BCUT2D eigenvalue weighted by Gasteiger charge is 2.58. The van der Waals surface area contributed by atoms with E-state index >= 15 is 0 Å². The Morgan fingerprint density at radius 2 is 1.68 bits per heavy atom. The number of hydrogen-bond donors (Lipinski definition) is 4. The van der Waals surface area contributed by atoms with E-state index in [2.05, 4.69) is 22.0 Å². The summed E-state index contributed by atoms with van der Waals surface area (Å²) in [7, 11) is -3.34. The number of hydrazone groups is 1. The van der Waals surface area contributed by atoms with Crippen molar-refractivity contribution in [1.29, 1.82) is 5.26 Å². The second-order valence-corrected chi connectivity index (χ2v) is 16.8. The second kappa shape index (κ2) is 24.1. The third-order valence-corrected chi connectivity index (χ3v) is 11.8. The number of phosphoric acid groups is 1. The van der Waals surface area contributed by atoms with Gasteiger partial charge in [0.1, 0.15) is 30.5 Å². The monoisotopic (exact) mass is 818 g/mol. The molecule has 0 aromatic heterocycles. The van der Waals surface area contributed by atoms with Gasteiger partial charge >= 0.3 is 7.82 Å². The molecular formula is C41H64FN6O8P. The number of phosphoric ester groups is 1. The summed E-state index contributed by atoms with van der Waals surface area (Å²) in [5.74, 6) is -0.311. The molecule has 16 heteroatoms. The van der Waals surface area contributed by atoms with Crippen molar-refractivity contribution in [3.8, 4) is 6.07 Å². The lowest BCUT2D eigenvalue weighted by Gasteiger charge is -2.32. The van der Waals surface area contributed by atoms with Crippen molar-refractivity contribution in [2.45, 2.75) is 165 Å². The molecule has 1 aromatic rings. The normalized spacial score (nSPS) is 24.7. The smallest absolute Gasteiger partial charge is 0.387 e. The number of aliphatic hydroxyl groups excluding tert-OH is 2. The first kappa shape index (κ1) is 46.6. The summed E-state index contributed by atoms with van der Waals surface area (Å²) in [6.45, 7) is 1.22. The highest BCUT2D eigenvalue weighted by Crippen LogP contribution is 2.47. The average molecular weight is 819 g/mol. The van der Waals surface area contributed by atoms with Crippen LogP contribution in [0.5, 0.6) is 0 Å². The molecule has 0 radical (unpaired) electrons. The van der Waals surface area contributed by atoms with Crippen molar-refractivity contribution >= 4 is 26.2 Å². The summed E-state index contributed by atoms with van der Waals surface area (Å²) in [4.78, 5) is 18.8. The number of halogens is 1. The first-order chi connectivity index (χ1) is 27.5. The number of rotatable bonds is 28. The average Bonchev–Trinajstić information content (AvgIpc) is 3.73. The Morgan fingerprint density at radius 1 is 1.05 bits per heavy atom. The minimum atomic E-state index is -4.77. The van der Waals surface area contributed by atoms with Gasteiger partial charge in [-0.2, -0.15) is 10.4 Å². The lowest BCUT2D eigenvalue weighted by atomic mass is 9.94. The molecular weight excluding hydrogens is 754 g/mol. The van der Waals surface area contributed by atoms with Crippen LogP contribution in [0.4, 0.5) is 4.39 Å². The predicted molar refractivity (Wildman–Crippen MR) is 218 cm³/mol. The maximum Gasteiger partial charge on any atom is 0.472 e. The maximum absolute atomic E-state index is 14.1. The Bertz CT molecular complexity index is 1610. The van der Waals surface area contributed by atoms with Gasteiger partial charge in [-0.15, -0.1) is 0 Å². The number of aliphatic hydroxyl groups is 2. The summed E-state index contributed by atoms with van der Waals surface area (Å²) in [5.41, 5.74) is 5.36. The molecule has 14 nitrogen and oxygen atoms in total. The molecule has 1 aromatic carbocycles. The molecule has 4 rings (SSSR count). The van der Waals surface area contributed by atoms with E-state index in [0.29, 0.717) is 24.1 Å². The standard InChI is InChI=1S/C41H64FN6O8P/c1-3-4-5-6-7-8-9-10-11-12-13-14-15-16-17-18-19-34(53-26-32-22-31(25-43)23-33(42)24-32)27-54-57(51,52)55-29-41(28-45-2)39(50)37(49)38(56-41)35-20-21-36-40(44)46-30-47-48(35)36/h21-24,28,30,34-35,37-39,49-50H,3-20,26-27,29H2,1-2H3,(H,51,52)(H2,44,46,47)/t34-,35?,37+,38+,39+,41-/m1/s1. The van der Waals surface area contributed by atoms with Crippen LogP contribution >= 0.6 is 7.82 Å². The van der Waals surface area contributed by atoms with Gasteiger partial charge in [-0.3, -0.25) is 19.0 Å². The fraction of sp³-hybridized carbons (Fsp3) is 0.707. The number of nitrogens with zero attached hydrogens (tertiary/aromatic N) is 5. The Kier molecular flexibility index (Phi) is 19.7. The SMILES string of the molecule is CCCCCCCCCCCCCCCCCC[C@H](COP(=O)(O)OC[C@@]1(C=NC)O[C@@H](C2CC=C3C(N)=NC=NN32)[C@H](O)[C@@H]1O)OCc1cc(F)cc(C#N)c1. The largest absolute Gasteiger partial charge is 0.472 e. The van der Waals surface area contributed by atoms with Gasteiger partial charge < -0.3 is 30.3 Å². The maximum atomic E-state index is 14.1. The Hall–Kier alpha value is -3.06. The third kappa shape index (κ3) is 14.6. The molecule has 1 fully saturated rings. The van der Waals surface area contributed by atoms with Gasteiger partial charge in [0.2, 0.25) is 0 Å². The number of nitriles is 1. The lowest BCUT2D eigenvalue weighted by Crippen LogP contribution is -2.48. The third-order valence-electron chi connectivity index (χ3n) is 10.8. The van der Waals surface area contributed by atoms with Crippen LogP contribution < -0.4 is 5.73 Å². The van der Waals surface area contributed by atoms with Crippen LogP contribution in [0.3, 0.4) is 0 Å². The topological polar surface area (TPSA) is 205 Å². The Balaban J connectivity index is 1.24. The van der Waals surface area contributed by atoms with E-state index in [1.807, 2.05) is 6.07 Å². The fourth-order valence-electron chi connectivity index (χ4n) is 7.65. The van der Waals surface area contributed by atoms with Crippen LogP contribution in [0.1, 0.15) is 134 Å². The zero-order chi connectivity index (χ0) is 41.1. The van der Waals surface area contributed by atoms with E-state index in [4.69, 9.17) is 24.3 Å². The van der Waals surface area contributed by atoms with Gasteiger partial charge in [0, 0.05) is 13.3 Å². The van der Waals surface area contributed by atoms with E-state index in [1.54, 1.807) is 11.1 Å². The number of unbranched alkanes of at least 4 members (excludes halogenated alkanes) is 15. The second-order valence-electron chi connectivity index (χ2n) is 15.4. The summed E-state index contributed by atoms with van der Waals surface area (Å²) in [6, 6.07) is 5.32. The molecule has 0 spiro atoms. The Labute approximate surface area is 337 Å². The van der Waals surface area contributed by atoms with Crippen molar-refractivity contribution in [2.75, 3.05) is 20.3 Å². The number of aliphatic imine (C=N–C) groups is 2. The van der Waals surface area contributed by atoms with E-state index in [1.165, 1.54) is 109 Å². The predicted octanol–water partition coefficient (Wildman–Crippen LogP) is 7.20. The van der Waals surface area contributed by atoms with Crippen LogP contribution in [0.2, 0.25) is 0 Å². The minimum absolute atomic E-state index is 0.0401. The number of hydrogen-bond acceptors (Lipinski definition) is 13. The molecule has 3 heterocycles. The van der Waals surface area contributed by atoms with Gasteiger partial charge in [0.25, 0.3) is 0 Å². The molecule has 318 valence electrons. The fourth-order valence-corrected chi connectivity index (χ4v) is 8.45. The summed E-state index contributed by atoms with van der Waals surface area (Å²) >= 11 is 0. The summed E-state index contributed by atoms with van der Waals surface area (Å²) in [5, 5.41) is 37.4. The molecule has 0 saturated carbocycles. The molecule has 0 aliphatic carbocycles. The molecule has 7 atom stereocenters. The lowest BCUT2D eigenvalue weighted by molar-refractivity contribution is -0.0786. The minimum Gasteiger partial charge on any atom is -0.387 e. The van der Waals surface area contributed by atoms with Crippen LogP contribution in [-0.4, -0.2) is 94.8 Å². The van der Waals surface area contributed by atoms with Crippen molar-refractivity contribution in [1.82, 2.24) is 5.01 Å². The quantitative estimate of drug-likeness (QED) is 0.0378. The molecule has 5 N–H and O–H groups in total. The van der Waals surface area contributed by atoms with E-state index < -0.39 is 56.3 Å². The number of ether oxygens (including phenoxy) is 2.